The number of carbonyl (C=O) groups is 1. The fraction of sp³-hybridized carbons (Fsp3) is 0. The second kappa shape index (κ2) is 4.94. The van der Waals surface area contributed by atoms with Crippen LogP contribution >= 0.6 is 31.9 Å². The van der Waals surface area contributed by atoms with Gasteiger partial charge in [-0.25, -0.2) is 0 Å². The lowest BCUT2D eigenvalue weighted by atomic mass is 10.1. The van der Waals surface area contributed by atoms with E-state index in [1.165, 1.54) is 0 Å². The lowest BCUT2D eigenvalue weighted by Crippen LogP contribution is -1.92. The molecule has 3 rings (SSSR count). The van der Waals surface area contributed by atoms with Crippen LogP contribution in [0.1, 0.15) is 10.5 Å². The van der Waals surface area contributed by atoms with Crippen LogP contribution in [0.25, 0.3) is 16.6 Å². The molecule has 0 atom stereocenters. The highest BCUT2D eigenvalue weighted by Gasteiger charge is 2.13. The van der Waals surface area contributed by atoms with Gasteiger partial charge in [-0.15, -0.1) is 0 Å². The number of aldehydes is 1. The normalized spacial score (nSPS) is 10.8. The lowest BCUT2D eigenvalue weighted by Gasteiger charge is -2.04. The van der Waals surface area contributed by atoms with E-state index in [0.29, 0.717) is 5.69 Å². The maximum atomic E-state index is 11.4. The molecule has 2 heterocycles. The van der Waals surface area contributed by atoms with Gasteiger partial charge in [0.15, 0.2) is 6.29 Å². The van der Waals surface area contributed by atoms with E-state index >= 15 is 0 Å². The Balaban J connectivity index is 2.36. The van der Waals surface area contributed by atoms with Gasteiger partial charge in [0.05, 0.1) is 5.69 Å². The first-order chi connectivity index (χ1) is 9.20. The molecular weight excluding hydrogens is 370 g/mol. The predicted octanol–water partition coefficient (Wildman–Crippen LogP) is 4.94. The first-order valence-electron chi connectivity index (χ1n) is 5.71. The van der Waals surface area contributed by atoms with Gasteiger partial charge in [-0.05, 0) is 42.0 Å². The maximum Gasteiger partial charge on any atom is 0.167 e. The van der Waals surface area contributed by atoms with Crippen molar-refractivity contribution < 1.29 is 4.79 Å². The first-order valence-corrected chi connectivity index (χ1v) is 7.30. The van der Waals surface area contributed by atoms with Crippen LogP contribution in [0.2, 0.25) is 0 Å². The molecule has 94 valence electrons. The second-order valence-electron chi connectivity index (χ2n) is 4.18. The third-order valence-electron chi connectivity index (χ3n) is 3.05. The minimum Gasteiger partial charge on any atom is -0.314 e. The Kier molecular flexibility index (Phi) is 3.29. The summed E-state index contributed by atoms with van der Waals surface area (Å²) in [4.78, 5) is 11.4. The van der Waals surface area contributed by atoms with Crippen LogP contribution in [0, 0.1) is 0 Å². The van der Waals surface area contributed by atoms with Crippen molar-refractivity contribution in [3.05, 3.63) is 63.3 Å². The molecule has 3 aromatic rings. The van der Waals surface area contributed by atoms with Gasteiger partial charge in [0, 0.05) is 26.2 Å². The summed E-state index contributed by atoms with van der Waals surface area (Å²) in [5.74, 6) is 0. The SMILES string of the molecule is O=Cc1c(-c2cc(Br)ccc2Br)cc2ccccn12. The summed E-state index contributed by atoms with van der Waals surface area (Å²) in [5, 5.41) is 0. The number of hydrogen-bond donors (Lipinski definition) is 0. The van der Waals surface area contributed by atoms with Crippen molar-refractivity contribution in [2.75, 3.05) is 0 Å². The number of fused-ring (bicyclic) bond motifs is 1. The van der Waals surface area contributed by atoms with E-state index in [2.05, 4.69) is 31.9 Å². The second-order valence-corrected chi connectivity index (χ2v) is 5.95. The van der Waals surface area contributed by atoms with Crippen LogP contribution in [-0.2, 0) is 0 Å². The number of nitrogens with zero attached hydrogens (tertiary/aromatic N) is 1. The molecule has 0 fully saturated rings. The van der Waals surface area contributed by atoms with E-state index in [1.54, 1.807) is 0 Å². The molecule has 0 N–H and O–H groups in total. The minimum absolute atomic E-state index is 0.661. The molecule has 0 radical (unpaired) electrons. The summed E-state index contributed by atoms with van der Waals surface area (Å²) >= 11 is 7.01. The fourth-order valence-electron chi connectivity index (χ4n) is 2.18. The quantitative estimate of drug-likeness (QED) is 0.578. The summed E-state index contributed by atoms with van der Waals surface area (Å²) in [6.45, 7) is 0. The monoisotopic (exact) mass is 377 g/mol. The van der Waals surface area contributed by atoms with Gasteiger partial charge < -0.3 is 4.40 Å². The van der Waals surface area contributed by atoms with Crippen molar-refractivity contribution in [1.82, 2.24) is 4.40 Å². The van der Waals surface area contributed by atoms with E-state index in [0.717, 1.165) is 31.9 Å². The molecule has 2 nitrogen and oxygen atoms in total. The Bertz CT molecular complexity index is 777. The topological polar surface area (TPSA) is 21.5 Å². The highest BCUT2D eigenvalue weighted by atomic mass is 79.9. The van der Waals surface area contributed by atoms with E-state index in [9.17, 15) is 4.79 Å². The summed E-state index contributed by atoms with van der Waals surface area (Å²) in [7, 11) is 0. The average Bonchev–Trinajstić information content (AvgIpc) is 2.79. The molecule has 0 aliphatic rings. The van der Waals surface area contributed by atoms with Crippen LogP contribution in [0.3, 0.4) is 0 Å². The van der Waals surface area contributed by atoms with Crippen molar-refractivity contribution in [3.8, 4) is 11.1 Å². The molecule has 2 aromatic heterocycles. The summed E-state index contributed by atoms with van der Waals surface area (Å²) in [6, 6.07) is 13.8. The third-order valence-corrected chi connectivity index (χ3v) is 4.23. The zero-order valence-corrected chi connectivity index (χ0v) is 13.0. The van der Waals surface area contributed by atoms with Gasteiger partial charge in [-0.3, -0.25) is 4.79 Å². The van der Waals surface area contributed by atoms with E-state index in [1.807, 2.05) is 53.1 Å². The molecule has 1 aromatic carbocycles. The lowest BCUT2D eigenvalue weighted by molar-refractivity contribution is 0.111. The largest absolute Gasteiger partial charge is 0.314 e. The summed E-state index contributed by atoms with van der Waals surface area (Å²) in [6.07, 6.45) is 2.80. The molecule has 0 bridgehead atoms. The average molecular weight is 379 g/mol. The van der Waals surface area contributed by atoms with Gasteiger partial charge in [0.1, 0.15) is 0 Å². The summed E-state index contributed by atoms with van der Waals surface area (Å²) in [5.41, 5.74) is 3.59. The zero-order chi connectivity index (χ0) is 13.4. The molecule has 19 heavy (non-hydrogen) atoms. The Labute approximate surface area is 127 Å². The van der Waals surface area contributed by atoms with Crippen LogP contribution in [-0.4, -0.2) is 10.7 Å². The van der Waals surface area contributed by atoms with Gasteiger partial charge >= 0.3 is 0 Å². The number of halogens is 2. The van der Waals surface area contributed by atoms with E-state index in [-0.39, 0.29) is 0 Å². The Morgan fingerprint density at radius 3 is 2.63 bits per heavy atom. The van der Waals surface area contributed by atoms with Gasteiger partial charge in [-0.2, -0.15) is 0 Å². The molecule has 0 saturated heterocycles. The molecular formula is C15H9Br2NO. The van der Waals surface area contributed by atoms with Crippen molar-refractivity contribution >= 4 is 43.7 Å². The number of benzene rings is 1. The number of pyridine rings is 1. The number of carbonyl (C=O) groups excluding carboxylic acids is 1. The maximum absolute atomic E-state index is 11.4. The van der Waals surface area contributed by atoms with Crippen LogP contribution in [0.15, 0.2) is 57.6 Å². The number of rotatable bonds is 2. The van der Waals surface area contributed by atoms with Crippen LogP contribution in [0.5, 0.6) is 0 Å². The van der Waals surface area contributed by atoms with E-state index < -0.39 is 0 Å². The molecule has 0 spiro atoms. The first kappa shape index (κ1) is 12.6. The summed E-state index contributed by atoms with van der Waals surface area (Å²) < 4.78 is 3.85. The molecule has 0 saturated carbocycles. The molecule has 0 unspecified atom stereocenters. The third kappa shape index (κ3) is 2.15. The Morgan fingerprint density at radius 1 is 1.00 bits per heavy atom. The Hall–Kier alpha value is -1.39. The molecule has 4 heteroatoms. The van der Waals surface area contributed by atoms with Gasteiger partial charge in [0.25, 0.3) is 0 Å². The Morgan fingerprint density at radius 2 is 1.84 bits per heavy atom. The number of aromatic nitrogens is 1. The van der Waals surface area contributed by atoms with Crippen molar-refractivity contribution in [1.29, 1.82) is 0 Å². The van der Waals surface area contributed by atoms with Crippen molar-refractivity contribution in [2.45, 2.75) is 0 Å². The fourth-order valence-corrected chi connectivity index (χ4v) is 3.01. The highest BCUT2D eigenvalue weighted by Crippen LogP contribution is 2.34. The van der Waals surface area contributed by atoms with Crippen LogP contribution < -0.4 is 0 Å². The van der Waals surface area contributed by atoms with Gasteiger partial charge in [-0.1, -0.05) is 37.9 Å². The van der Waals surface area contributed by atoms with Gasteiger partial charge in [0.2, 0.25) is 0 Å². The number of hydrogen-bond acceptors (Lipinski definition) is 1. The highest BCUT2D eigenvalue weighted by molar-refractivity contribution is 9.11. The predicted molar refractivity (Wildman–Crippen MR) is 83.6 cm³/mol. The standard InChI is InChI=1S/C15H9Br2NO/c16-10-4-5-14(17)12(7-10)13-8-11-3-1-2-6-18(11)15(13)9-19/h1-9H. The smallest absolute Gasteiger partial charge is 0.167 e. The minimum atomic E-state index is 0.661. The molecule has 0 aliphatic heterocycles. The molecule has 0 aliphatic carbocycles. The van der Waals surface area contributed by atoms with Crippen molar-refractivity contribution in [2.24, 2.45) is 0 Å². The van der Waals surface area contributed by atoms with E-state index in [4.69, 9.17) is 0 Å². The molecule has 0 amide bonds. The zero-order valence-electron chi connectivity index (χ0n) is 9.81. The van der Waals surface area contributed by atoms with Crippen molar-refractivity contribution in [3.63, 3.8) is 0 Å². The van der Waals surface area contributed by atoms with Crippen LogP contribution in [0.4, 0.5) is 0 Å².